The van der Waals surface area contributed by atoms with Gasteiger partial charge in [0.15, 0.2) is 6.61 Å². The quantitative estimate of drug-likeness (QED) is 0.556. The molecule has 3 aromatic rings. The lowest BCUT2D eigenvalue weighted by Crippen LogP contribution is -2.49. The van der Waals surface area contributed by atoms with Crippen LogP contribution in [0, 0.1) is 6.92 Å². The monoisotopic (exact) mass is 474 g/mol. The standard InChI is InChI=1S/C24H25F3N4O3/c1-15-11-22(31-10-9-28-16(2)13-31)30-21-8-3-17(12-20(15)21)29-23(32)14-33-18-4-6-19(7-5-18)34-24(25,26)27/h3-8,11-12,16,28H,9-10,13-14H2,1-2H3,(H,29,32)/t16-/m1/s1. The number of pyridine rings is 1. The maximum atomic E-state index is 12.3. The van der Waals surface area contributed by atoms with Gasteiger partial charge in [-0.05, 0) is 67.9 Å². The molecule has 180 valence electrons. The molecule has 1 aromatic heterocycles. The van der Waals surface area contributed by atoms with Crippen molar-refractivity contribution in [2.45, 2.75) is 26.3 Å². The van der Waals surface area contributed by atoms with Crippen molar-refractivity contribution in [1.29, 1.82) is 0 Å². The van der Waals surface area contributed by atoms with Crippen molar-refractivity contribution in [2.24, 2.45) is 0 Å². The number of nitrogens with zero attached hydrogens (tertiary/aromatic N) is 2. The van der Waals surface area contributed by atoms with E-state index in [4.69, 9.17) is 9.72 Å². The Balaban J connectivity index is 1.37. The van der Waals surface area contributed by atoms with Crippen LogP contribution >= 0.6 is 0 Å². The van der Waals surface area contributed by atoms with Gasteiger partial charge in [0.05, 0.1) is 5.52 Å². The molecule has 0 unspecified atom stereocenters. The lowest BCUT2D eigenvalue weighted by Gasteiger charge is -2.33. The van der Waals surface area contributed by atoms with Gasteiger partial charge in [-0.1, -0.05) is 0 Å². The maximum absolute atomic E-state index is 12.3. The van der Waals surface area contributed by atoms with Crippen LogP contribution in [0.2, 0.25) is 0 Å². The second kappa shape index (κ2) is 9.76. The molecule has 0 spiro atoms. The highest BCUT2D eigenvalue weighted by molar-refractivity contribution is 5.95. The number of hydrogen-bond donors (Lipinski definition) is 2. The average Bonchev–Trinajstić information content (AvgIpc) is 2.78. The summed E-state index contributed by atoms with van der Waals surface area (Å²) in [5, 5.41) is 7.13. The molecule has 4 rings (SSSR count). The van der Waals surface area contributed by atoms with E-state index in [1.54, 1.807) is 6.07 Å². The zero-order valence-corrected chi connectivity index (χ0v) is 18.8. The number of benzene rings is 2. The molecule has 1 amide bonds. The molecule has 2 heterocycles. The Morgan fingerprint density at radius 1 is 1.18 bits per heavy atom. The number of piperazine rings is 1. The average molecular weight is 474 g/mol. The van der Waals surface area contributed by atoms with Gasteiger partial charge < -0.3 is 25.0 Å². The number of carbonyl (C=O) groups is 1. The Hall–Kier alpha value is -3.53. The van der Waals surface area contributed by atoms with Crippen LogP contribution in [0.3, 0.4) is 0 Å². The summed E-state index contributed by atoms with van der Waals surface area (Å²) in [6.07, 6.45) is -4.76. The molecule has 0 aliphatic carbocycles. The first-order chi connectivity index (χ1) is 16.2. The van der Waals surface area contributed by atoms with E-state index in [0.717, 1.165) is 54.1 Å². The minimum atomic E-state index is -4.76. The molecule has 0 radical (unpaired) electrons. The number of anilines is 2. The van der Waals surface area contributed by atoms with Gasteiger partial charge in [0.2, 0.25) is 0 Å². The second-order valence-electron chi connectivity index (χ2n) is 8.19. The molecule has 1 atom stereocenters. The Morgan fingerprint density at radius 3 is 2.62 bits per heavy atom. The molecule has 10 heteroatoms. The third kappa shape index (κ3) is 6.07. The van der Waals surface area contributed by atoms with E-state index in [9.17, 15) is 18.0 Å². The van der Waals surface area contributed by atoms with E-state index < -0.39 is 12.3 Å². The number of hydrogen-bond acceptors (Lipinski definition) is 6. The number of alkyl halides is 3. The third-order valence-corrected chi connectivity index (χ3v) is 5.41. The SMILES string of the molecule is Cc1cc(N2CCN[C@H](C)C2)nc2ccc(NC(=O)COc3ccc(OC(F)(F)F)cc3)cc12. The topological polar surface area (TPSA) is 75.7 Å². The third-order valence-electron chi connectivity index (χ3n) is 5.41. The van der Waals surface area contributed by atoms with Crippen molar-refractivity contribution in [2.75, 3.05) is 36.5 Å². The minimum Gasteiger partial charge on any atom is -0.484 e. The first kappa shape index (κ1) is 23.6. The van der Waals surface area contributed by atoms with Crippen molar-refractivity contribution in [3.63, 3.8) is 0 Å². The summed E-state index contributed by atoms with van der Waals surface area (Å²) in [7, 11) is 0. The summed E-state index contributed by atoms with van der Waals surface area (Å²) in [4.78, 5) is 19.4. The minimum absolute atomic E-state index is 0.248. The summed E-state index contributed by atoms with van der Waals surface area (Å²) >= 11 is 0. The van der Waals surface area contributed by atoms with Crippen LogP contribution in [-0.4, -0.2) is 49.5 Å². The lowest BCUT2D eigenvalue weighted by atomic mass is 10.1. The van der Waals surface area contributed by atoms with E-state index in [1.807, 2.05) is 19.1 Å². The number of fused-ring (bicyclic) bond motifs is 1. The number of amides is 1. The Bertz CT molecular complexity index is 1170. The first-order valence-electron chi connectivity index (χ1n) is 10.8. The van der Waals surface area contributed by atoms with Crippen molar-refractivity contribution in [3.05, 3.63) is 54.1 Å². The number of halogens is 3. The Kier molecular flexibility index (Phi) is 6.78. The van der Waals surface area contributed by atoms with Crippen LogP contribution in [-0.2, 0) is 4.79 Å². The fourth-order valence-corrected chi connectivity index (χ4v) is 3.84. The van der Waals surface area contributed by atoms with Crippen LogP contribution in [0.5, 0.6) is 11.5 Å². The second-order valence-corrected chi connectivity index (χ2v) is 8.19. The first-order valence-corrected chi connectivity index (χ1v) is 10.8. The molecule has 2 aromatic carbocycles. The number of nitrogens with one attached hydrogen (secondary N) is 2. The predicted octanol–water partition coefficient (Wildman–Crippen LogP) is 4.26. The van der Waals surface area contributed by atoms with Crippen LogP contribution in [0.25, 0.3) is 10.9 Å². The van der Waals surface area contributed by atoms with E-state index >= 15 is 0 Å². The van der Waals surface area contributed by atoms with Gasteiger partial charge in [0, 0.05) is 36.7 Å². The van der Waals surface area contributed by atoms with Gasteiger partial charge in [-0.25, -0.2) is 4.98 Å². The van der Waals surface area contributed by atoms with Crippen LogP contribution in [0.15, 0.2) is 48.5 Å². The highest BCUT2D eigenvalue weighted by Gasteiger charge is 2.31. The van der Waals surface area contributed by atoms with Crippen molar-refractivity contribution >= 4 is 28.3 Å². The fourth-order valence-electron chi connectivity index (χ4n) is 3.84. The molecular formula is C24H25F3N4O3. The molecule has 1 aliphatic heterocycles. The predicted molar refractivity (Wildman–Crippen MR) is 123 cm³/mol. The smallest absolute Gasteiger partial charge is 0.484 e. The van der Waals surface area contributed by atoms with Crippen LogP contribution < -0.4 is 25.0 Å². The summed E-state index contributed by atoms with van der Waals surface area (Å²) in [6.45, 7) is 6.57. The van der Waals surface area contributed by atoms with Gasteiger partial charge in [-0.15, -0.1) is 13.2 Å². The van der Waals surface area contributed by atoms with Gasteiger partial charge in [0.25, 0.3) is 5.91 Å². The van der Waals surface area contributed by atoms with Gasteiger partial charge >= 0.3 is 6.36 Å². The molecule has 0 saturated carbocycles. The number of rotatable bonds is 6. The van der Waals surface area contributed by atoms with Gasteiger partial charge in [0.1, 0.15) is 17.3 Å². The summed E-state index contributed by atoms with van der Waals surface area (Å²) in [6, 6.07) is 12.8. The van der Waals surface area contributed by atoms with E-state index in [-0.39, 0.29) is 18.1 Å². The van der Waals surface area contributed by atoms with Crippen molar-refractivity contribution in [1.82, 2.24) is 10.3 Å². The van der Waals surface area contributed by atoms with Gasteiger partial charge in [-0.2, -0.15) is 0 Å². The summed E-state index contributed by atoms with van der Waals surface area (Å²) in [5.74, 6) is 0.430. The largest absolute Gasteiger partial charge is 0.573 e. The normalized spacial score (nSPS) is 16.4. The molecule has 2 N–H and O–H groups in total. The Labute approximate surface area is 194 Å². The Morgan fingerprint density at radius 2 is 1.91 bits per heavy atom. The number of ether oxygens (including phenoxy) is 2. The molecule has 0 bridgehead atoms. The zero-order valence-electron chi connectivity index (χ0n) is 18.8. The maximum Gasteiger partial charge on any atom is 0.573 e. The molecular weight excluding hydrogens is 449 g/mol. The fraction of sp³-hybridized carbons (Fsp3) is 0.333. The molecule has 1 fully saturated rings. The lowest BCUT2D eigenvalue weighted by molar-refractivity contribution is -0.274. The van der Waals surface area contributed by atoms with Crippen LogP contribution in [0.1, 0.15) is 12.5 Å². The van der Waals surface area contributed by atoms with E-state index in [0.29, 0.717) is 11.7 Å². The highest BCUT2D eigenvalue weighted by Crippen LogP contribution is 2.27. The number of aryl methyl sites for hydroxylation is 1. The van der Waals surface area contributed by atoms with Crippen molar-refractivity contribution in [3.8, 4) is 11.5 Å². The van der Waals surface area contributed by atoms with Gasteiger partial charge in [-0.3, -0.25) is 4.79 Å². The molecule has 7 nitrogen and oxygen atoms in total. The van der Waals surface area contributed by atoms with Crippen molar-refractivity contribution < 1.29 is 27.4 Å². The van der Waals surface area contributed by atoms with E-state index in [1.165, 1.54) is 12.1 Å². The summed E-state index contributed by atoms with van der Waals surface area (Å²) in [5.41, 5.74) is 2.50. The highest BCUT2D eigenvalue weighted by atomic mass is 19.4. The molecule has 34 heavy (non-hydrogen) atoms. The van der Waals surface area contributed by atoms with E-state index in [2.05, 4.69) is 33.3 Å². The summed E-state index contributed by atoms with van der Waals surface area (Å²) < 4.78 is 45.9. The van der Waals surface area contributed by atoms with Crippen LogP contribution in [0.4, 0.5) is 24.7 Å². The zero-order chi connectivity index (χ0) is 24.3. The number of carbonyl (C=O) groups excluding carboxylic acids is 1. The number of aromatic nitrogens is 1. The molecule has 1 saturated heterocycles. The molecule has 1 aliphatic rings.